The minimum Gasteiger partial charge on any atom is -0.336 e. The smallest absolute Gasteiger partial charge is 0.323 e. The van der Waals surface area contributed by atoms with E-state index in [9.17, 15) is 4.79 Å². The zero-order chi connectivity index (χ0) is 16.4. The van der Waals surface area contributed by atoms with Crippen molar-refractivity contribution in [2.45, 2.75) is 18.8 Å². The summed E-state index contributed by atoms with van der Waals surface area (Å²) in [6.45, 7) is 3.39. The maximum atomic E-state index is 12.2. The van der Waals surface area contributed by atoms with E-state index in [0.29, 0.717) is 19.0 Å². The quantitative estimate of drug-likeness (QED) is 0.913. The van der Waals surface area contributed by atoms with Crippen molar-refractivity contribution in [3.05, 3.63) is 48.2 Å². The van der Waals surface area contributed by atoms with Gasteiger partial charge in [-0.25, -0.2) is 9.78 Å². The van der Waals surface area contributed by atoms with Gasteiger partial charge in [0.1, 0.15) is 5.82 Å². The lowest BCUT2D eigenvalue weighted by Crippen LogP contribution is -2.32. The molecule has 0 unspecified atom stereocenters. The van der Waals surface area contributed by atoms with Crippen molar-refractivity contribution in [1.82, 2.24) is 15.6 Å². The molecule has 1 aromatic heterocycles. The van der Waals surface area contributed by atoms with Gasteiger partial charge in [0.05, 0.1) is 0 Å². The molecule has 4 rings (SSSR count). The van der Waals surface area contributed by atoms with Crippen molar-refractivity contribution in [1.29, 1.82) is 0 Å². The van der Waals surface area contributed by atoms with Gasteiger partial charge < -0.3 is 10.6 Å². The van der Waals surface area contributed by atoms with Gasteiger partial charge in [0.2, 0.25) is 0 Å². The number of aromatic nitrogens is 1. The Morgan fingerprint density at radius 3 is 2.54 bits per heavy atom. The number of anilines is 1. The van der Waals surface area contributed by atoms with Crippen LogP contribution in [-0.4, -0.2) is 37.2 Å². The lowest BCUT2D eigenvalue weighted by atomic mass is 9.85. The third-order valence-electron chi connectivity index (χ3n) is 4.91. The van der Waals surface area contributed by atoms with Gasteiger partial charge in [-0.15, -0.1) is 0 Å². The zero-order valence-corrected chi connectivity index (χ0v) is 13.7. The molecule has 0 atom stereocenters. The maximum absolute atomic E-state index is 12.2. The molecule has 2 aromatic rings. The normalized spacial score (nSPS) is 18.7. The Labute approximate surface area is 142 Å². The van der Waals surface area contributed by atoms with Crippen LogP contribution >= 0.6 is 0 Å². The molecule has 2 aliphatic rings. The van der Waals surface area contributed by atoms with Crippen LogP contribution in [0.25, 0.3) is 11.1 Å². The molecule has 2 N–H and O–H groups in total. The predicted octanol–water partition coefficient (Wildman–Crippen LogP) is 2.75. The van der Waals surface area contributed by atoms with Gasteiger partial charge in [-0.2, -0.15) is 0 Å². The number of nitrogens with zero attached hydrogens (tertiary/aromatic N) is 2. The summed E-state index contributed by atoms with van der Waals surface area (Å²) < 4.78 is 0. The molecule has 24 heavy (non-hydrogen) atoms. The fourth-order valence-corrected chi connectivity index (χ4v) is 3.73. The number of pyridine rings is 1. The molecule has 2 amide bonds. The number of hydrogen-bond acceptors (Lipinski definition) is 3. The number of amides is 2. The Morgan fingerprint density at radius 1 is 1.04 bits per heavy atom. The van der Waals surface area contributed by atoms with E-state index in [1.54, 1.807) is 4.90 Å². The molecule has 3 heterocycles. The highest BCUT2D eigenvalue weighted by atomic mass is 16.2. The van der Waals surface area contributed by atoms with E-state index in [0.717, 1.165) is 31.7 Å². The van der Waals surface area contributed by atoms with Gasteiger partial charge >= 0.3 is 6.03 Å². The summed E-state index contributed by atoms with van der Waals surface area (Å²) in [5.74, 6) is 1.26. The zero-order valence-electron chi connectivity index (χ0n) is 13.7. The first-order valence-electron chi connectivity index (χ1n) is 8.65. The van der Waals surface area contributed by atoms with Crippen molar-refractivity contribution >= 4 is 11.8 Å². The van der Waals surface area contributed by atoms with E-state index in [1.165, 1.54) is 16.7 Å². The van der Waals surface area contributed by atoms with Crippen molar-refractivity contribution in [2.24, 2.45) is 0 Å². The van der Waals surface area contributed by atoms with Gasteiger partial charge in [0.25, 0.3) is 0 Å². The van der Waals surface area contributed by atoms with Crippen LogP contribution in [0, 0.1) is 0 Å². The first-order chi connectivity index (χ1) is 11.8. The lowest BCUT2D eigenvalue weighted by molar-refractivity contribution is 0.252. The average Bonchev–Trinajstić information content (AvgIpc) is 3.08. The van der Waals surface area contributed by atoms with E-state index in [1.807, 2.05) is 12.3 Å². The number of nitrogens with one attached hydrogen (secondary N) is 2. The van der Waals surface area contributed by atoms with Gasteiger partial charge in [-0.1, -0.05) is 30.3 Å². The second-order valence-electron chi connectivity index (χ2n) is 6.37. The average molecular weight is 322 g/mol. The summed E-state index contributed by atoms with van der Waals surface area (Å²) in [4.78, 5) is 18.6. The summed E-state index contributed by atoms with van der Waals surface area (Å²) in [7, 11) is 0. The fourth-order valence-electron chi connectivity index (χ4n) is 3.73. The lowest BCUT2D eigenvalue weighted by Gasteiger charge is -2.29. The SMILES string of the molecule is O=C1NCCN1c1nccc(-c2ccccc2)c1C1CCNCC1. The van der Waals surface area contributed by atoms with Crippen LogP contribution in [-0.2, 0) is 0 Å². The van der Waals surface area contributed by atoms with Crippen LogP contribution < -0.4 is 15.5 Å². The van der Waals surface area contributed by atoms with Gasteiger partial charge in [-0.05, 0) is 49.0 Å². The summed E-state index contributed by atoms with van der Waals surface area (Å²) in [6, 6.07) is 12.5. The Bertz CT molecular complexity index is 725. The first kappa shape index (κ1) is 15.1. The minimum absolute atomic E-state index is 0.0390. The fraction of sp³-hybridized carbons (Fsp3) is 0.368. The molecular formula is C19H22N4O. The standard InChI is InChI=1S/C19H22N4O/c24-19-22-12-13-23(19)18-17(15-6-9-20-10-7-15)16(8-11-21-18)14-4-2-1-3-5-14/h1-5,8,11,15,20H,6-7,9-10,12-13H2,(H,22,24). The van der Waals surface area contributed by atoms with Gasteiger partial charge in [-0.3, -0.25) is 4.90 Å². The number of urea groups is 1. The van der Waals surface area contributed by atoms with Gasteiger partial charge in [0.15, 0.2) is 0 Å². The molecule has 124 valence electrons. The van der Waals surface area contributed by atoms with Crippen molar-refractivity contribution in [3.63, 3.8) is 0 Å². The summed E-state index contributed by atoms with van der Waals surface area (Å²) >= 11 is 0. The second-order valence-corrected chi connectivity index (χ2v) is 6.37. The number of rotatable bonds is 3. The van der Waals surface area contributed by atoms with E-state index in [2.05, 4.69) is 45.9 Å². The Kier molecular flexibility index (Phi) is 4.17. The molecule has 0 saturated carbocycles. The highest BCUT2D eigenvalue weighted by Gasteiger charge is 2.30. The summed E-state index contributed by atoms with van der Waals surface area (Å²) in [5, 5.41) is 6.32. The van der Waals surface area contributed by atoms with Crippen LogP contribution in [0.3, 0.4) is 0 Å². The van der Waals surface area contributed by atoms with Crippen molar-refractivity contribution in [3.8, 4) is 11.1 Å². The topological polar surface area (TPSA) is 57.3 Å². The Hall–Kier alpha value is -2.40. The van der Waals surface area contributed by atoms with E-state index < -0.39 is 0 Å². The van der Waals surface area contributed by atoms with E-state index in [-0.39, 0.29) is 6.03 Å². The molecule has 1 aromatic carbocycles. The monoisotopic (exact) mass is 322 g/mol. The van der Waals surface area contributed by atoms with Crippen molar-refractivity contribution < 1.29 is 4.79 Å². The molecule has 2 fully saturated rings. The molecular weight excluding hydrogens is 300 g/mol. The summed E-state index contributed by atoms with van der Waals surface area (Å²) in [5.41, 5.74) is 3.61. The Balaban J connectivity index is 1.85. The van der Waals surface area contributed by atoms with Crippen LogP contribution in [0.5, 0.6) is 0 Å². The molecule has 0 spiro atoms. The largest absolute Gasteiger partial charge is 0.336 e. The third kappa shape index (κ3) is 2.76. The van der Waals surface area contributed by atoms with E-state index >= 15 is 0 Å². The minimum atomic E-state index is -0.0390. The summed E-state index contributed by atoms with van der Waals surface area (Å²) in [6.07, 6.45) is 3.98. The first-order valence-corrected chi connectivity index (χ1v) is 8.65. The Morgan fingerprint density at radius 2 is 1.83 bits per heavy atom. The molecule has 5 heteroatoms. The predicted molar refractivity (Wildman–Crippen MR) is 95.3 cm³/mol. The third-order valence-corrected chi connectivity index (χ3v) is 4.91. The molecule has 2 aliphatic heterocycles. The highest BCUT2D eigenvalue weighted by Crippen LogP contribution is 2.39. The number of hydrogen-bond donors (Lipinski definition) is 2. The van der Waals surface area contributed by atoms with Crippen LogP contribution in [0.1, 0.15) is 24.3 Å². The number of benzene rings is 1. The van der Waals surface area contributed by atoms with Gasteiger partial charge in [0, 0.05) is 24.8 Å². The highest BCUT2D eigenvalue weighted by molar-refractivity contribution is 5.95. The molecule has 5 nitrogen and oxygen atoms in total. The molecule has 2 saturated heterocycles. The number of carbonyl (C=O) groups is 1. The van der Waals surface area contributed by atoms with E-state index in [4.69, 9.17) is 0 Å². The van der Waals surface area contributed by atoms with Crippen LogP contribution in [0.15, 0.2) is 42.6 Å². The molecule has 0 radical (unpaired) electrons. The second kappa shape index (κ2) is 6.61. The molecule has 0 bridgehead atoms. The number of carbonyl (C=O) groups excluding carboxylic acids is 1. The van der Waals surface area contributed by atoms with Crippen molar-refractivity contribution in [2.75, 3.05) is 31.1 Å². The van der Waals surface area contributed by atoms with Crippen LogP contribution in [0.4, 0.5) is 10.6 Å². The van der Waals surface area contributed by atoms with Crippen LogP contribution in [0.2, 0.25) is 0 Å². The maximum Gasteiger partial charge on any atom is 0.323 e. The molecule has 0 aliphatic carbocycles. The number of piperidine rings is 1.